The molecule has 138 valence electrons. The highest BCUT2D eigenvalue weighted by Gasteiger charge is 2.54. The first-order valence-electron chi connectivity index (χ1n) is 8.60. The van der Waals surface area contributed by atoms with Crippen LogP contribution in [0, 0.1) is 0 Å². The van der Waals surface area contributed by atoms with Gasteiger partial charge in [-0.25, -0.2) is 9.69 Å². The number of nitrogens with one attached hydrogen (secondary N) is 2. The minimum Gasteiger partial charge on any atom is -0.481 e. The van der Waals surface area contributed by atoms with Gasteiger partial charge in [-0.3, -0.25) is 14.4 Å². The van der Waals surface area contributed by atoms with Gasteiger partial charge in [0, 0.05) is 5.69 Å². The number of para-hydroxylation sites is 1. The number of hydrogen-bond acceptors (Lipinski definition) is 4. The molecular weight excluding hydrogens is 338 g/mol. The number of hydrogen-bond donors (Lipinski definition) is 3. The number of anilines is 1. The van der Waals surface area contributed by atoms with Crippen LogP contribution >= 0.6 is 0 Å². The molecule has 1 spiro atoms. The lowest BCUT2D eigenvalue weighted by atomic mass is 9.97. The fourth-order valence-electron chi connectivity index (χ4n) is 3.62. The number of benzene rings is 1. The number of carboxylic acids is 1. The largest absolute Gasteiger partial charge is 0.481 e. The Labute approximate surface area is 150 Å². The molecule has 0 radical (unpaired) electrons. The molecule has 1 aromatic carbocycles. The maximum atomic E-state index is 12.7. The van der Waals surface area contributed by atoms with Crippen LogP contribution in [-0.2, 0) is 20.8 Å². The molecule has 3 rings (SSSR count). The number of carbonyl (C=O) groups excluding carboxylic acids is 3. The Morgan fingerprint density at radius 3 is 2.58 bits per heavy atom. The second kappa shape index (κ2) is 6.78. The molecule has 1 aliphatic carbocycles. The smallest absolute Gasteiger partial charge is 0.325 e. The van der Waals surface area contributed by atoms with Gasteiger partial charge in [0.15, 0.2) is 0 Å². The van der Waals surface area contributed by atoms with Crippen LogP contribution in [0.15, 0.2) is 24.3 Å². The van der Waals surface area contributed by atoms with Gasteiger partial charge in [0.1, 0.15) is 11.6 Å². The number of aliphatic carboxylic acids is 1. The van der Waals surface area contributed by atoms with Crippen LogP contribution in [0.1, 0.15) is 38.2 Å². The van der Waals surface area contributed by atoms with Crippen LogP contribution in [0.25, 0.3) is 0 Å². The first kappa shape index (κ1) is 17.9. The number of carboxylic acid groups (broad SMARTS) is 1. The van der Waals surface area contributed by atoms with E-state index < -0.39 is 29.5 Å². The van der Waals surface area contributed by atoms with Crippen LogP contribution in [0.4, 0.5) is 10.5 Å². The van der Waals surface area contributed by atoms with Gasteiger partial charge < -0.3 is 15.7 Å². The number of amides is 4. The van der Waals surface area contributed by atoms with Crippen LogP contribution in [0.2, 0.25) is 0 Å². The number of nitrogens with zero attached hydrogens (tertiary/aromatic N) is 1. The van der Waals surface area contributed by atoms with Gasteiger partial charge in [0.05, 0.1) is 6.42 Å². The van der Waals surface area contributed by atoms with Crippen molar-refractivity contribution < 1.29 is 24.3 Å². The van der Waals surface area contributed by atoms with Crippen molar-refractivity contribution in [1.29, 1.82) is 0 Å². The van der Waals surface area contributed by atoms with E-state index >= 15 is 0 Å². The lowest BCUT2D eigenvalue weighted by Crippen LogP contribution is -2.48. The number of carbonyl (C=O) groups is 4. The minimum absolute atomic E-state index is 0.239. The Morgan fingerprint density at radius 1 is 1.27 bits per heavy atom. The highest BCUT2D eigenvalue weighted by atomic mass is 16.4. The molecule has 1 atom stereocenters. The third kappa shape index (κ3) is 3.14. The Bertz CT molecular complexity index is 770. The van der Waals surface area contributed by atoms with Crippen molar-refractivity contribution in [2.45, 2.75) is 50.6 Å². The van der Waals surface area contributed by atoms with Crippen LogP contribution in [-0.4, -0.2) is 45.4 Å². The zero-order valence-corrected chi connectivity index (χ0v) is 14.4. The van der Waals surface area contributed by atoms with Crippen molar-refractivity contribution in [2.24, 2.45) is 0 Å². The van der Waals surface area contributed by atoms with Crippen molar-refractivity contribution in [2.75, 3.05) is 5.32 Å². The van der Waals surface area contributed by atoms with E-state index in [0.29, 0.717) is 24.1 Å². The van der Waals surface area contributed by atoms with E-state index in [-0.39, 0.29) is 12.3 Å². The van der Waals surface area contributed by atoms with Gasteiger partial charge in [0.2, 0.25) is 5.91 Å². The van der Waals surface area contributed by atoms with Crippen LogP contribution < -0.4 is 10.6 Å². The lowest BCUT2D eigenvalue weighted by molar-refractivity contribution is -0.136. The molecule has 2 fully saturated rings. The van der Waals surface area contributed by atoms with E-state index in [1.807, 2.05) is 0 Å². The standard InChI is InChI=1S/C18H21N3O5/c1-11(21-16(25)18(20-17(21)26)8-4-5-9-18)15(24)19-13-7-3-2-6-12(13)10-14(22)23/h2-3,6-7,11H,4-5,8-10H2,1H3,(H,19,24)(H,20,26)(H,22,23). The highest BCUT2D eigenvalue weighted by molar-refractivity contribution is 6.11. The van der Waals surface area contributed by atoms with E-state index in [1.54, 1.807) is 24.3 Å². The molecule has 0 bridgehead atoms. The number of rotatable bonds is 5. The molecule has 0 aromatic heterocycles. The molecule has 1 unspecified atom stereocenters. The van der Waals surface area contributed by atoms with E-state index in [4.69, 9.17) is 5.11 Å². The summed E-state index contributed by atoms with van der Waals surface area (Å²) in [6.07, 6.45) is 2.66. The summed E-state index contributed by atoms with van der Waals surface area (Å²) in [4.78, 5) is 49.6. The maximum absolute atomic E-state index is 12.7. The van der Waals surface area contributed by atoms with Gasteiger partial charge in [-0.2, -0.15) is 0 Å². The molecule has 1 saturated heterocycles. The molecule has 1 saturated carbocycles. The summed E-state index contributed by atoms with van der Waals surface area (Å²) in [5, 5.41) is 14.4. The molecule has 3 N–H and O–H groups in total. The quantitative estimate of drug-likeness (QED) is 0.689. The first-order valence-corrected chi connectivity index (χ1v) is 8.60. The fraction of sp³-hybridized carbons (Fsp3) is 0.444. The molecular formula is C18H21N3O5. The van der Waals surface area contributed by atoms with Crippen LogP contribution in [0.3, 0.4) is 0 Å². The lowest BCUT2D eigenvalue weighted by Gasteiger charge is -2.24. The van der Waals surface area contributed by atoms with Gasteiger partial charge in [-0.15, -0.1) is 0 Å². The predicted octanol–water partition coefficient (Wildman–Crippen LogP) is 1.51. The summed E-state index contributed by atoms with van der Waals surface area (Å²) in [6.45, 7) is 1.49. The topological polar surface area (TPSA) is 116 Å². The summed E-state index contributed by atoms with van der Waals surface area (Å²) in [5.41, 5.74) is -0.0632. The number of urea groups is 1. The van der Waals surface area contributed by atoms with E-state index in [2.05, 4.69) is 10.6 Å². The van der Waals surface area contributed by atoms with Crippen molar-refractivity contribution in [3.63, 3.8) is 0 Å². The normalized spacial score (nSPS) is 19.5. The zero-order valence-electron chi connectivity index (χ0n) is 14.4. The van der Waals surface area contributed by atoms with Crippen molar-refractivity contribution >= 4 is 29.5 Å². The average molecular weight is 359 g/mol. The predicted molar refractivity (Wildman–Crippen MR) is 92.5 cm³/mol. The minimum atomic E-state index is -1.02. The molecule has 26 heavy (non-hydrogen) atoms. The van der Waals surface area contributed by atoms with E-state index in [9.17, 15) is 19.2 Å². The van der Waals surface area contributed by atoms with Crippen molar-refractivity contribution in [3.05, 3.63) is 29.8 Å². The fourth-order valence-corrected chi connectivity index (χ4v) is 3.62. The Balaban J connectivity index is 1.76. The second-order valence-electron chi connectivity index (χ2n) is 6.79. The average Bonchev–Trinajstić information content (AvgIpc) is 3.14. The molecule has 1 aliphatic heterocycles. The SMILES string of the molecule is CC(C(=O)Nc1ccccc1CC(=O)O)N1C(=O)NC2(CCCC2)C1=O. The summed E-state index contributed by atoms with van der Waals surface area (Å²) in [6, 6.07) is 4.99. The monoisotopic (exact) mass is 359 g/mol. The molecule has 1 heterocycles. The maximum Gasteiger partial charge on any atom is 0.325 e. The summed E-state index contributed by atoms with van der Waals surface area (Å²) in [7, 11) is 0. The first-order chi connectivity index (χ1) is 12.3. The van der Waals surface area contributed by atoms with Gasteiger partial charge in [-0.05, 0) is 31.4 Å². The Hall–Kier alpha value is -2.90. The third-order valence-electron chi connectivity index (χ3n) is 5.03. The second-order valence-corrected chi connectivity index (χ2v) is 6.79. The van der Waals surface area contributed by atoms with Crippen molar-refractivity contribution in [1.82, 2.24) is 10.2 Å². The number of imide groups is 1. The van der Waals surface area contributed by atoms with Crippen molar-refractivity contribution in [3.8, 4) is 0 Å². The molecule has 1 aromatic rings. The van der Waals surface area contributed by atoms with E-state index in [0.717, 1.165) is 17.7 Å². The Kier molecular flexibility index (Phi) is 4.67. The third-order valence-corrected chi connectivity index (χ3v) is 5.03. The summed E-state index contributed by atoms with van der Waals surface area (Å²) < 4.78 is 0. The van der Waals surface area contributed by atoms with Gasteiger partial charge in [-0.1, -0.05) is 31.0 Å². The summed E-state index contributed by atoms with van der Waals surface area (Å²) >= 11 is 0. The molecule has 8 nitrogen and oxygen atoms in total. The van der Waals surface area contributed by atoms with E-state index in [1.165, 1.54) is 6.92 Å². The molecule has 8 heteroatoms. The van der Waals surface area contributed by atoms with Crippen LogP contribution in [0.5, 0.6) is 0 Å². The van der Waals surface area contributed by atoms with Gasteiger partial charge in [0.25, 0.3) is 5.91 Å². The molecule has 4 amide bonds. The van der Waals surface area contributed by atoms with Gasteiger partial charge >= 0.3 is 12.0 Å². The highest BCUT2D eigenvalue weighted by Crippen LogP contribution is 2.35. The molecule has 2 aliphatic rings. The zero-order chi connectivity index (χ0) is 18.9. The summed E-state index contributed by atoms with van der Waals surface area (Å²) in [5.74, 6) is -1.92. The Morgan fingerprint density at radius 2 is 1.92 bits per heavy atom.